The Labute approximate surface area is 115 Å². The standard InChI is InChI=1S/C14H27N3S/c1-18-13-4-7-17(8-5-13)14(10-15)6-9-16(11-14)12-2-3-12/h12-13H,2-11,15H2,1H3. The Kier molecular flexibility index (Phi) is 3.90. The number of hydrogen-bond donors (Lipinski definition) is 1. The number of hydrogen-bond acceptors (Lipinski definition) is 4. The Bertz CT molecular complexity index is 287. The highest BCUT2D eigenvalue weighted by Gasteiger charge is 2.46. The van der Waals surface area contributed by atoms with Gasteiger partial charge in [-0.3, -0.25) is 9.80 Å². The van der Waals surface area contributed by atoms with Gasteiger partial charge in [-0.05, 0) is 51.4 Å². The minimum atomic E-state index is 0.311. The highest BCUT2D eigenvalue weighted by Crippen LogP contribution is 2.37. The van der Waals surface area contributed by atoms with E-state index in [1.54, 1.807) is 0 Å². The summed E-state index contributed by atoms with van der Waals surface area (Å²) in [6.07, 6.45) is 9.11. The zero-order valence-corrected chi connectivity index (χ0v) is 12.4. The second kappa shape index (κ2) is 5.31. The summed E-state index contributed by atoms with van der Waals surface area (Å²) < 4.78 is 0. The van der Waals surface area contributed by atoms with Crippen molar-refractivity contribution in [2.45, 2.75) is 48.9 Å². The van der Waals surface area contributed by atoms with Crippen LogP contribution < -0.4 is 5.73 Å². The van der Waals surface area contributed by atoms with Gasteiger partial charge in [-0.2, -0.15) is 11.8 Å². The minimum Gasteiger partial charge on any atom is -0.329 e. The summed E-state index contributed by atoms with van der Waals surface area (Å²) in [7, 11) is 0. The SMILES string of the molecule is CSC1CCN(C2(CN)CCN(C3CC3)C2)CC1. The van der Waals surface area contributed by atoms with E-state index < -0.39 is 0 Å². The van der Waals surface area contributed by atoms with Crippen LogP contribution in [0.1, 0.15) is 32.1 Å². The fourth-order valence-electron chi connectivity index (χ4n) is 3.76. The smallest absolute Gasteiger partial charge is 0.0470 e. The van der Waals surface area contributed by atoms with Crippen LogP contribution in [0.15, 0.2) is 0 Å². The molecule has 2 saturated heterocycles. The van der Waals surface area contributed by atoms with E-state index in [0.29, 0.717) is 5.54 Å². The van der Waals surface area contributed by atoms with E-state index >= 15 is 0 Å². The fraction of sp³-hybridized carbons (Fsp3) is 1.00. The summed E-state index contributed by atoms with van der Waals surface area (Å²) in [5, 5.41) is 0.886. The van der Waals surface area contributed by atoms with Crippen LogP contribution in [0.25, 0.3) is 0 Å². The van der Waals surface area contributed by atoms with Crippen molar-refractivity contribution in [2.75, 3.05) is 39.0 Å². The molecule has 2 aliphatic heterocycles. The molecule has 0 spiro atoms. The first kappa shape index (κ1) is 13.2. The Morgan fingerprint density at radius 2 is 1.89 bits per heavy atom. The van der Waals surface area contributed by atoms with Crippen LogP contribution in [0.5, 0.6) is 0 Å². The first-order valence-electron chi connectivity index (χ1n) is 7.49. The van der Waals surface area contributed by atoms with Gasteiger partial charge < -0.3 is 5.73 Å². The molecule has 3 fully saturated rings. The molecule has 1 unspecified atom stereocenters. The zero-order chi connectivity index (χ0) is 12.6. The molecule has 0 aromatic heterocycles. The highest BCUT2D eigenvalue weighted by molar-refractivity contribution is 7.99. The van der Waals surface area contributed by atoms with E-state index in [9.17, 15) is 0 Å². The number of rotatable bonds is 4. The zero-order valence-electron chi connectivity index (χ0n) is 11.6. The lowest BCUT2D eigenvalue weighted by Gasteiger charge is -2.44. The maximum absolute atomic E-state index is 6.18. The first-order valence-corrected chi connectivity index (χ1v) is 8.78. The molecule has 18 heavy (non-hydrogen) atoms. The Morgan fingerprint density at radius 3 is 2.44 bits per heavy atom. The lowest BCUT2D eigenvalue weighted by molar-refractivity contribution is 0.0785. The monoisotopic (exact) mass is 269 g/mol. The lowest BCUT2D eigenvalue weighted by Crippen LogP contribution is -2.58. The molecule has 0 radical (unpaired) electrons. The van der Waals surface area contributed by atoms with Gasteiger partial charge in [-0.15, -0.1) is 0 Å². The van der Waals surface area contributed by atoms with Gasteiger partial charge in [0.05, 0.1) is 0 Å². The number of nitrogens with two attached hydrogens (primary N) is 1. The summed E-state index contributed by atoms with van der Waals surface area (Å²) in [5.74, 6) is 0. The molecule has 0 amide bonds. The molecule has 1 aliphatic carbocycles. The Morgan fingerprint density at radius 1 is 1.17 bits per heavy atom. The van der Waals surface area contributed by atoms with Gasteiger partial charge in [0, 0.05) is 36.5 Å². The number of thioether (sulfide) groups is 1. The molecule has 3 rings (SSSR count). The third-order valence-electron chi connectivity index (χ3n) is 5.25. The lowest BCUT2D eigenvalue weighted by atomic mass is 9.93. The number of likely N-dealkylation sites (tertiary alicyclic amines) is 2. The van der Waals surface area contributed by atoms with Gasteiger partial charge in [0.2, 0.25) is 0 Å². The van der Waals surface area contributed by atoms with E-state index in [0.717, 1.165) is 17.8 Å². The van der Waals surface area contributed by atoms with Gasteiger partial charge in [0.1, 0.15) is 0 Å². The van der Waals surface area contributed by atoms with Crippen LogP contribution in [-0.2, 0) is 0 Å². The predicted molar refractivity (Wildman–Crippen MR) is 79.1 cm³/mol. The maximum atomic E-state index is 6.18. The second-order valence-electron chi connectivity index (χ2n) is 6.30. The van der Waals surface area contributed by atoms with Crippen molar-refractivity contribution in [1.29, 1.82) is 0 Å². The van der Waals surface area contributed by atoms with E-state index in [1.165, 1.54) is 58.3 Å². The molecule has 4 heteroatoms. The van der Waals surface area contributed by atoms with Gasteiger partial charge >= 0.3 is 0 Å². The Balaban J connectivity index is 1.61. The molecular formula is C14H27N3S. The van der Waals surface area contributed by atoms with Crippen molar-refractivity contribution in [3.8, 4) is 0 Å². The summed E-state index contributed by atoms with van der Waals surface area (Å²) in [6.45, 7) is 5.89. The average molecular weight is 269 g/mol. The van der Waals surface area contributed by atoms with Gasteiger partial charge in [-0.25, -0.2) is 0 Å². The number of nitrogens with zero attached hydrogens (tertiary/aromatic N) is 2. The molecule has 0 bridgehead atoms. The predicted octanol–water partition coefficient (Wildman–Crippen LogP) is 1.38. The molecule has 0 aromatic rings. The van der Waals surface area contributed by atoms with Crippen LogP contribution >= 0.6 is 11.8 Å². The normalized spacial score (nSPS) is 36.3. The van der Waals surface area contributed by atoms with Crippen molar-refractivity contribution in [3.05, 3.63) is 0 Å². The van der Waals surface area contributed by atoms with Crippen molar-refractivity contribution in [2.24, 2.45) is 5.73 Å². The molecule has 104 valence electrons. The minimum absolute atomic E-state index is 0.311. The van der Waals surface area contributed by atoms with Crippen LogP contribution in [0.3, 0.4) is 0 Å². The van der Waals surface area contributed by atoms with E-state index in [-0.39, 0.29) is 0 Å². The molecular weight excluding hydrogens is 242 g/mol. The molecule has 0 aromatic carbocycles. The molecule has 1 atom stereocenters. The van der Waals surface area contributed by atoms with Gasteiger partial charge in [-0.1, -0.05) is 0 Å². The van der Waals surface area contributed by atoms with Gasteiger partial charge in [0.15, 0.2) is 0 Å². The van der Waals surface area contributed by atoms with E-state index in [1.807, 2.05) is 11.8 Å². The second-order valence-corrected chi connectivity index (χ2v) is 7.44. The largest absolute Gasteiger partial charge is 0.329 e. The molecule has 3 aliphatic rings. The van der Waals surface area contributed by atoms with Crippen molar-refractivity contribution in [1.82, 2.24) is 9.80 Å². The summed E-state index contributed by atoms with van der Waals surface area (Å²) in [6, 6.07) is 0.905. The molecule has 3 nitrogen and oxygen atoms in total. The third-order valence-corrected chi connectivity index (χ3v) is 6.39. The van der Waals surface area contributed by atoms with Crippen molar-refractivity contribution in [3.63, 3.8) is 0 Å². The summed E-state index contributed by atoms with van der Waals surface area (Å²) in [5.41, 5.74) is 6.49. The van der Waals surface area contributed by atoms with E-state index in [4.69, 9.17) is 5.73 Å². The van der Waals surface area contributed by atoms with Crippen LogP contribution in [-0.4, -0.2) is 65.6 Å². The topological polar surface area (TPSA) is 32.5 Å². The molecule has 1 saturated carbocycles. The van der Waals surface area contributed by atoms with Gasteiger partial charge in [0.25, 0.3) is 0 Å². The number of piperidine rings is 1. The molecule has 2 heterocycles. The third kappa shape index (κ3) is 2.45. The average Bonchev–Trinajstić information content (AvgIpc) is 3.19. The van der Waals surface area contributed by atoms with Crippen LogP contribution in [0.4, 0.5) is 0 Å². The Hall–Kier alpha value is 0.230. The van der Waals surface area contributed by atoms with E-state index in [2.05, 4.69) is 16.1 Å². The van der Waals surface area contributed by atoms with Crippen molar-refractivity contribution >= 4 is 11.8 Å². The summed E-state index contributed by atoms with van der Waals surface area (Å²) >= 11 is 2.04. The van der Waals surface area contributed by atoms with Crippen LogP contribution in [0.2, 0.25) is 0 Å². The maximum Gasteiger partial charge on any atom is 0.0470 e. The van der Waals surface area contributed by atoms with Crippen molar-refractivity contribution < 1.29 is 0 Å². The molecule has 2 N–H and O–H groups in total. The fourth-order valence-corrected chi connectivity index (χ4v) is 4.44. The first-order chi connectivity index (χ1) is 8.77. The summed E-state index contributed by atoms with van der Waals surface area (Å²) in [4.78, 5) is 5.43. The quantitative estimate of drug-likeness (QED) is 0.836. The highest BCUT2D eigenvalue weighted by atomic mass is 32.2. The van der Waals surface area contributed by atoms with Crippen LogP contribution in [0, 0.1) is 0 Å².